The van der Waals surface area contributed by atoms with Crippen LogP contribution in [0, 0.1) is 0 Å². The van der Waals surface area contributed by atoms with Gasteiger partial charge in [0.2, 0.25) is 0 Å². The Morgan fingerprint density at radius 1 is 1.55 bits per heavy atom. The molecular weight excluding hydrogens is 136 g/mol. The first-order valence-electron chi connectivity index (χ1n) is 3.83. The Bertz CT molecular complexity index is 145. The Morgan fingerprint density at radius 3 is 2.82 bits per heavy atom. The minimum absolute atomic E-state index is 0.203. The van der Waals surface area contributed by atoms with Crippen LogP contribution in [0.15, 0.2) is 37.0 Å². The van der Waals surface area contributed by atoms with E-state index in [0.29, 0.717) is 6.61 Å². The summed E-state index contributed by atoms with van der Waals surface area (Å²) in [6.45, 7) is 8.21. The lowest BCUT2D eigenvalue weighted by Crippen LogP contribution is -2.03. The number of rotatable bonds is 5. The molecule has 0 aliphatic heterocycles. The normalized spacial score (nSPS) is 14.4. The lowest BCUT2D eigenvalue weighted by Gasteiger charge is -2.04. The maximum absolute atomic E-state index is 5.36. The zero-order chi connectivity index (χ0) is 8.53. The van der Waals surface area contributed by atoms with Gasteiger partial charge in [-0.25, -0.2) is 0 Å². The molecule has 0 aromatic rings. The molecule has 0 heterocycles. The number of hydrogen-bond acceptors (Lipinski definition) is 1. The van der Waals surface area contributed by atoms with Gasteiger partial charge in [0.25, 0.3) is 0 Å². The van der Waals surface area contributed by atoms with E-state index in [-0.39, 0.29) is 6.10 Å². The zero-order valence-electron chi connectivity index (χ0n) is 7.29. The first kappa shape index (κ1) is 10.2. The fourth-order valence-corrected chi connectivity index (χ4v) is 0.686. The van der Waals surface area contributed by atoms with E-state index in [4.69, 9.17) is 4.74 Å². The molecule has 0 rings (SSSR count). The summed E-state index contributed by atoms with van der Waals surface area (Å²) in [5.41, 5.74) is 0. The number of ether oxygens (including phenoxy) is 1. The molecule has 0 aromatic carbocycles. The van der Waals surface area contributed by atoms with E-state index in [2.05, 4.69) is 6.58 Å². The molecule has 1 unspecified atom stereocenters. The zero-order valence-corrected chi connectivity index (χ0v) is 7.29. The predicted molar refractivity (Wildman–Crippen MR) is 49.6 cm³/mol. The highest BCUT2D eigenvalue weighted by molar-refractivity contribution is 4.97. The van der Waals surface area contributed by atoms with Crippen LogP contribution in [0.2, 0.25) is 0 Å². The van der Waals surface area contributed by atoms with Crippen molar-refractivity contribution in [2.75, 3.05) is 6.61 Å². The van der Waals surface area contributed by atoms with E-state index >= 15 is 0 Å². The van der Waals surface area contributed by atoms with Crippen LogP contribution in [0.4, 0.5) is 0 Å². The quantitative estimate of drug-likeness (QED) is 0.435. The van der Waals surface area contributed by atoms with E-state index < -0.39 is 0 Å². The Hall–Kier alpha value is -0.820. The molecule has 0 aliphatic carbocycles. The summed E-state index contributed by atoms with van der Waals surface area (Å²) in [5, 5.41) is 0. The minimum atomic E-state index is 0.203. The first-order valence-corrected chi connectivity index (χ1v) is 3.83. The van der Waals surface area contributed by atoms with Crippen molar-refractivity contribution in [2.24, 2.45) is 0 Å². The maximum atomic E-state index is 5.36. The van der Waals surface area contributed by atoms with Gasteiger partial charge in [-0.2, -0.15) is 0 Å². The standard InChI is InChI=1S/C10H16O/c1-4-6-7-9-11-10(3)8-5-2/h4-8,10H,1,9H2,2-3H3. The topological polar surface area (TPSA) is 9.23 Å². The van der Waals surface area contributed by atoms with Crippen molar-refractivity contribution >= 4 is 0 Å². The Balaban J connectivity index is 3.37. The van der Waals surface area contributed by atoms with Crippen LogP contribution in [0.1, 0.15) is 13.8 Å². The van der Waals surface area contributed by atoms with Gasteiger partial charge in [-0.1, -0.05) is 37.0 Å². The van der Waals surface area contributed by atoms with E-state index in [1.54, 1.807) is 6.08 Å². The Labute approximate surface area is 69.1 Å². The summed E-state index contributed by atoms with van der Waals surface area (Å²) < 4.78 is 5.36. The van der Waals surface area contributed by atoms with Crippen molar-refractivity contribution in [3.63, 3.8) is 0 Å². The van der Waals surface area contributed by atoms with Crippen LogP contribution in [0.25, 0.3) is 0 Å². The smallest absolute Gasteiger partial charge is 0.0731 e. The molecule has 0 fully saturated rings. The molecule has 1 heteroatoms. The van der Waals surface area contributed by atoms with Crippen molar-refractivity contribution in [1.82, 2.24) is 0 Å². The van der Waals surface area contributed by atoms with Crippen LogP contribution in [-0.2, 0) is 4.74 Å². The van der Waals surface area contributed by atoms with Gasteiger partial charge in [0, 0.05) is 0 Å². The van der Waals surface area contributed by atoms with Gasteiger partial charge in [0.1, 0.15) is 0 Å². The Kier molecular flexibility index (Phi) is 6.75. The molecule has 0 saturated heterocycles. The summed E-state index contributed by atoms with van der Waals surface area (Å²) in [7, 11) is 0. The molecule has 1 atom stereocenters. The number of hydrogen-bond donors (Lipinski definition) is 0. The average molecular weight is 152 g/mol. The lowest BCUT2D eigenvalue weighted by molar-refractivity contribution is 0.123. The molecule has 0 N–H and O–H groups in total. The summed E-state index contributed by atoms with van der Waals surface area (Å²) in [6, 6.07) is 0. The van der Waals surface area contributed by atoms with Gasteiger partial charge in [-0.15, -0.1) is 0 Å². The molecule has 0 saturated carbocycles. The summed E-state index contributed by atoms with van der Waals surface area (Å²) in [4.78, 5) is 0. The average Bonchev–Trinajstić information content (AvgIpc) is 1.99. The molecule has 0 bridgehead atoms. The first-order chi connectivity index (χ1) is 5.31. The number of allylic oxidation sites excluding steroid dienone is 3. The molecular formula is C10H16O. The second-order valence-electron chi connectivity index (χ2n) is 2.23. The van der Waals surface area contributed by atoms with Crippen molar-refractivity contribution in [3.8, 4) is 0 Å². The maximum Gasteiger partial charge on any atom is 0.0731 e. The van der Waals surface area contributed by atoms with Crippen LogP contribution < -0.4 is 0 Å². The molecule has 0 spiro atoms. The van der Waals surface area contributed by atoms with E-state index in [9.17, 15) is 0 Å². The highest BCUT2D eigenvalue weighted by Crippen LogP contribution is 1.92. The van der Waals surface area contributed by atoms with Gasteiger partial charge in [-0.3, -0.25) is 0 Å². The van der Waals surface area contributed by atoms with Crippen molar-refractivity contribution < 1.29 is 4.74 Å². The third-order valence-electron chi connectivity index (χ3n) is 1.19. The van der Waals surface area contributed by atoms with Crippen LogP contribution in [0.5, 0.6) is 0 Å². The summed E-state index contributed by atoms with van der Waals surface area (Å²) in [6.07, 6.45) is 9.76. The van der Waals surface area contributed by atoms with Gasteiger partial charge in [-0.05, 0) is 13.8 Å². The predicted octanol–water partition coefficient (Wildman–Crippen LogP) is 2.71. The van der Waals surface area contributed by atoms with Crippen LogP contribution >= 0.6 is 0 Å². The molecule has 0 radical (unpaired) electrons. The lowest BCUT2D eigenvalue weighted by atomic mass is 10.3. The fourth-order valence-electron chi connectivity index (χ4n) is 0.686. The van der Waals surface area contributed by atoms with E-state index in [1.165, 1.54) is 0 Å². The van der Waals surface area contributed by atoms with Gasteiger partial charge < -0.3 is 4.74 Å². The molecule has 11 heavy (non-hydrogen) atoms. The minimum Gasteiger partial charge on any atom is -0.370 e. The summed E-state index contributed by atoms with van der Waals surface area (Å²) >= 11 is 0. The fraction of sp³-hybridized carbons (Fsp3) is 0.400. The van der Waals surface area contributed by atoms with Crippen LogP contribution in [-0.4, -0.2) is 12.7 Å². The van der Waals surface area contributed by atoms with Crippen molar-refractivity contribution in [2.45, 2.75) is 20.0 Å². The van der Waals surface area contributed by atoms with Gasteiger partial charge in [0.15, 0.2) is 0 Å². The third-order valence-corrected chi connectivity index (χ3v) is 1.19. The van der Waals surface area contributed by atoms with Gasteiger partial charge >= 0.3 is 0 Å². The third kappa shape index (κ3) is 7.07. The molecule has 0 aliphatic rings. The Morgan fingerprint density at radius 2 is 2.27 bits per heavy atom. The second-order valence-corrected chi connectivity index (χ2v) is 2.23. The SMILES string of the molecule is C=CC=CCOC(C)C=CC. The molecule has 0 amide bonds. The molecule has 1 nitrogen and oxygen atoms in total. The molecule has 62 valence electrons. The van der Waals surface area contributed by atoms with E-state index in [0.717, 1.165) is 0 Å². The highest BCUT2D eigenvalue weighted by Gasteiger charge is 1.90. The largest absolute Gasteiger partial charge is 0.370 e. The summed E-state index contributed by atoms with van der Waals surface area (Å²) in [5.74, 6) is 0. The van der Waals surface area contributed by atoms with Gasteiger partial charge in [0.05, 0.1) is 12.7 Å². The van der Waals surface area contributed by atoms with Crippen molar-refractivity contribution in [3.05, 3.63) is 37.0 Å². The molecule has 0 aromatic heterocycles. The van der Waals surface area contributed by atoms with Crippen LogP contribution in [0.3, 0.4) is 0 Å². The second kappa shape index (κ2) is 7.29. The van der Waals surface area contributed by atoms with E-state index in [1.807, 2.05) is 38.2 Å². The highest BCUT2D eigenvalue weighted by atomic mass is 16.5. The van der Waals surface area contributed by atoms with Crippen molar-refractivity contribution in [1.29, 1.82) is 0 Å². The monoisotopic (exact) mass is 152 g/mol.